The third-order valence-electron chi connectivity index (χ3n) is 3.08. The van der Waals surface area contributed by atoms with Gasteiger partial charge in [-0.1, -0.05) is 52.9 Å². The highest BCUT2D eigenvalue weighted by Crippen LogP contribution is 2.18. The molecule has 4 N–H and O–H groups in total. The molecular weight excluding hydrogens is 172 g/mol. The van der Waals surface area contributed by atoms with Gasteiger partial charge in [0.25, 0.3) is 0 Å². The summed E-state index contributed by atoms with van der Waals surface area (Å²) in [4.78, 5) is 0. The predicted molar refractivity (Wildman–Crippen MR) is 63.9 cm³/mol. The van der Waals surface area contributed by atoms with Gasteiger partial charge in [-0.05, 0) is 18.3 Å². The summed E-state index contributed by atoms with van der Waals surface area (Å²) in [5.41, 5.74) is 10.9. The van der Waals surface area contributed by atoms with E-state index in [-0.39, 0.29) is 6.17 Å². The van der Waals surface area contributed by atoms with Crippen LogP contribution in [0.3, 0.4) is 0 Å². The van der Waals surface area contributed by atoms with E-state index in [0.29, 0.717) is 0 Å². The molecule has 86 valence electrons. The fourth-order valence-electron chi connectivity index (χ4n) is 1.53. The minimum absolute atomic E-state index is 0.107. The number of hydrogen-bond acceptors (Lipinski definition) is 2. The lowest BCUT2D eigenvalue weighted by molar-refractivity contribution is 0.374. The van der Waals surface area contributed by atoms with E-state index in [1.54, 1.807) is 0 Å². The minimum atomic E-state index is -0.107. The van der Waals surface area contributed by atoms with E-state index in [2.05, 4.69) is 20.8 Å². The average Bonchev–Trinajstić information content (AvgIpc) is 2.09. The highest BCUT2D eigenvalue weighted by molar-refractivity contribution is 4.58. The van der Waals surface area contributed by atoms with Gasteiger partial charge in [0.2, 0.25) is 0 Å². The first-order valence-corrected chi connectivity index (χ1v) is 6.05. The molecule has 2 nitrogen and oxygen atoms in total. The zero-order valence-electron chi connectivity index (χ0n) is 10.1. The first-order chi connectivity index (χ1) is 6.54. The van der Waals surface area contributed by atoms with E-state index in [0.717, 1.165) is 18.3 Å². The molecule has 0 aliphatic carbocycles. The largest absolute Gasteiger partial charge is 0.316 e. The number of unbranched alkanes of at least 4 members (excludes halogenated alkanes) is 3. The zero-order valence-corrected chi connectivity index (χ0v) is 10.1. The second kappa shape index (κ2) is 8.25. The van der Waals surface area contributed by atoms with Gasteiger partial charge in [0.15, 0.2) is 0 Å². The summed E-state index contributed by atoms with van der Waals surface area (Å²) in [6.45, 7) is 6.96. The zero-order chi connectivity index (χ0) is 11.0. The second-order valence-electron chi connectivity index (χ2n) is 4.88. The smallest absolute Gasteiger partial charge is 0.0520 e. The Labute approximate surface area is 89.4 Å². The molecule has 0 rings (SSSR count). The van der Waals surface area contributed by atoms with Crippen LogP contribution in [0.4, 0.5) is 0 Å². The van der Waals surface area contributed by atoms with Crippen LogP contribution in [0.25, 0.3) is 0 Å². The van der Waals surface area contributed by atoms with Crippen molar-refractivity contribution in [3.05, 3.63) is 0 Å². The highest BCUT2D eigenvalue weighted by Gasteiger charge is 2.05. The molecule has 0 aromatic carbocycles. The van der Waals surface area contributed by atoms with Gasteiger partial charge in [0.05, 0.1) is 6.17 Å². The van der Waals surface area contributed by atoms with Crippen molar-refractivity contribution < 1.29 is 0 Å². The molecule has 2 heteroatoms. The van der Waals surface area contributed by atoms with E-state index in [4.69, 9.17) is 11.5 Å². The van der Waals surface area contributed by atoms with E-state index >= 15 is 0 Å². The molecule has 0 bridgehead atoms. The Bertz CT molecular complexity index is 121. The van der Waals surface area contributed by atoms with Crippen LogP contribution in [0.1, 0.15) is 59.3 Å². The lowest BCUT2D eigenvalue weighted by Crippen LogP contribution is -2.29. The maximum Gasteiger partial charge on any atom is 0.0520 e. The van der Waals surface area contributed by atoms with Gasteiger partial charge in [0.1, 0.15) is 0 Å². The summed E-state index contributed by atoms with van der Waals surface area (Å²) in [7, 11) is 0. The Morgan fingerprint density at radius 2 is 1.29 bits per heavy atom. The van der Waals surface area contributed by atoms with Crippen LogP contribution in [0, 0.1) is 11.8 Å². The van der Waals surface area contributed by atoms with E-state index < -0.39 is 0 Å². The lowest BCUT2D eigenvalue weighted by atomic mass is 9.92. The van der Waals surface area contributed by atoms with Crippen LogP contribution in [-0.2, 0) is 0 Å². The second-order valence-corrected chi connectivity index (χ2v) is 4.88. The van der Waals surface area contributed by atoms with Gasteiger partial charge in [-0.3, -0.25) is 0 Å². The van der Waals surface area contributed by atoms with E-state index in [9.17, 15) is 0 Å². The summed E-state index contributed by atoms with van der Waals surface area (Å²) < 4.78 is 0. The van der Waals surface area contributed by atoms with Crippen molar-refractivity contribution in [1.82, 2.24) is 0 Å². The number of rotatable bonds is 8. The molecule has 0 fully saturated rings. The first-order valence-electron chi connectivity index (χ1n) is 6.05. The van der Waals surface area contributed by atoms with Crippen LogP contribution in [0.5, 0.6) is 0 Å². The van der Waals surface area contributed by atoms with Gasteiger partial charge in [-0.25, -0.2) is 0 Å². The molecule has 0 aromatic rings. The average molecular weight is 200 g/mol. The van der Waals surface area contributed by atoms with Crippen molar-refractivity contribution in [3.8, 4) is 0 Å². The molecule has 0 spiro atoms. The SMILES string of the molecule is CC(C)C(C)CCCCCCC(N)N. The molecular formula is C12H28N2. The fraction of sp³-hybridized carbons (Fsp3) is 1.00. The lowest BCUT2D eigenvalue weighted by Gasteiger charge is -2.14. The monoisotopic (exact) mass is 200 g/mol. The topological polar surface area (TPSA) is 52.0 Å². The number of nitrogens with two attached hydrogens (primary N) is 2. The third-order valence-corrected chi connectivity index (χ3v) is 3.08. The molecule has 14 heavy (non-hydrogen) atoms. The Kier molecular flexibility index (Phi) is 8.20. The van der Waals surface area contributed by atoms with Gasteiger partial charge < -0.3 is 11.5 Å². The maximum atomic E-state index is 5.47. The summed E-state index contributed by atoms with van der Waals surface area (Å²) in [6, 6.07) is 0. The van der Waals surface area contributed by atoms with E-state index in [1.165, 1.54) is 32.1 Å². The summed E-state index contributed by atoms with van der Waals surface area (Å²) in [5, 5.41) is 0. The predicted octanol–water partition coefficient (Wildman–Crippen LogP) is 2.86. The van der Waals surface area contributed by atoms with Crippen molar-refractivity contribution in [2.75, 3.05) is 0 Å². The molecule has 0 saturated carbocycles. The molecule has 1 atom stereocenters. The minimum Gasteiger partial charge on any atom is -0.316 e. The molecule has 0 radical (unpaired) electrons. The number of hydrogen-bond donors (Lipinski definition) is 2. The van der Waals surface area contributed by atoms with Crippen LogP contribution < -0.4 is 11.5 Å². The molecule has 0 aliphatic heterocycles. The van der Waals surface area contributed by atoms with Crippen molar-refractivity contribution in [3.63, 3.8) is 0 Å². The molecule has 0 aromatic heterocycles. The van der Waals surface area contributed by atoms with Gasteiger partial charge in [0, 0.05) is 0 Å². The highest BCUT2D eigenvalue weighted by atomic mass is 14.8. The Morgan fingerprint density at radius 1 is 0.786 bits per heavy atom. The maximum absolute atomic E-state index is 5.47. The molecule has 0 saturated heterocycles. The van der Waals surface area contributed by atoms with Crippen molar-refractivity contribution >= 4 is 0 Å². The first kappa shape index (κ1) is 13.9. The molecule has 0 heterocycles. The Morgan fingerprint density at radius 3 is 1.71 bits per heavy atom. The van der Waals surface area contributed by atoms with Crippen LogP contribution in [0.15, 0.2) is 0 Å². The fourth-order valence-corrected chi connectivity index (χ4v) is 1.53. The van der Waals surface area contributed by atoms with Gasteiger partial charge >= 0.3 is 0 Å². The van der Waals surface area contributed by atoms with Gasteiger partial charge in [-0.2, -0.15) is 0 Å². The molecule has 0 aliphatic rings. The summed E-state index contributed by atoms with van der Waals surface area (Å²) in [5.74, 6) is 1.69. The normalized spacial score (nSPS) is 13.9. The van der Waals surface area contributed by atoms with Crippen LogP contribution in [-0.4, -0.2) is 6.17 Å². The quantitative estimate of drug-likeness (QED) is 0.467. The molecule has 0 amide bonds. The summed E-state index contributed by atoms with van der Waals surface area (Å²) >= 11 is 0. The van der Waals surface area contributed by atoms with Crippen molar-refractivity contribution in [2.45, 2.75) is 65.5 Å². The van der Waals surface area contributed by atoms with E-state index in [1.807, 2.05) is 0 Å². The van der Waals surface area contributed by atoms with Crippen molar-refractivity contribution in [2.24, 2.45) is 23.3 Å². The standard InChI is InChI=1S/C12H28N2/c1-10(2)11(3)8-6-4-5-7-9-12(13)14/h10-12H,4-9,13-14H2,1-3H3. The van der Waals surface area contributed by atoms with Crippen LogP contribution in [0.2, 0.25) is 0 Å². The third kappa shape index (κ3) is 8.52. The summed E-state index contributed by atoms with van der Waals surface area (Å²) in [6.07, 6.45) is 7.41. The Balaban J connectivity index is 3.13. The molecule has 1 unspecified atom stereocenters. The Hall–Kier alpha value is -0.0800. The van der Waals surface area contributed by atoms with Crippen molar-refractivity contribution in [1.29, 1.82) is 0 Å². The van der Waals surface area contributed by atoms with Gasteiger partial charge in [-0.15, -0.1) is 0 Å². The van der Waals surface area contributed by atoms with Crippen LogP contribution >= 0.6 is 0 Å².